The van der Waals surface area contributed by atoms with E-state index in [1.165, 1.54) is 0 Å². The number of hydrogen-bond donors (Lipinski definition) is 1. The normalized spacial score (nSPS) is 19.0. The third-order valence-corrected chi connectivity index (χ3v) is 1.91. The van der Waals surface area contributed by atoms with Gasteiger partial charge in [0.05, 0.1) is 0 Å². The minimum Gasteiger partial charge on any atom is -0.341 e. The van der Waals surface area contributed by atoms with Crippen LogP contribution in [0, 0.1) is 6.42 Å². The second-order valence-electron chi connectivity index (χ2n) is 2.77. The lowest BCUT2D eigenvalue weighted by Gasteiger charge is -2.26. The van der Waals surface area contributed by atoms with E-state index < -0.39 is 0 Å². The number of nitrogens with zero attached hydrogens (tertiary/aromatic N) is 1. The molecule has 1 fully saturated rings. The monoisotopic (exact) mass is 155 g/mol. The van der Waals surface area contributed by atoms with Gasteiger partial charge in [0.25, 0.3) is 0 Å². The van der Waals surface area contributed by atoms with E-state index in [0.717, 1.165) is 26.1 Å². The van der Waals surface area contributed by atoms with Crippen LogP contribution in [0.15, 0.2) is 0 Å². The molecule has 1 saturated heterocycles. The predicted octanol–water partition coefficient (Wildman–Crippen LogP) is 0.0325. The maximum atomic E-state index is 11.2. The second-order valence-corrected chi connectivity index (χ2v) is 2.77. The van der Waals surface area contributed by atoms with Gasteiger partial charge in [-0.05, 0) is 19.9 Å². The van der Waals surface area contributed by atoms with E-state index in [0.29, 0.717) is 6.42 Å². The number of carbonyl (C=O) groups is 1. The van der Waals surface area contributed by atoms with Gasteiger partial charge in [0.1, 0.15) is 0 Å². The Balaban J connectivity index is 2.24. The summed E-state index contributed by atoms with van der Waals surface area (Å²) in [4.78, 5) is 13.1. The first-order chi connectivity index (χ1) is 5.34. The van der Waals surface area contributed by atoms with E-state index in [1.54, 1.807) is 0 Å². The molecule has 0 aromatic heterocycles. The van der Waals surface area contributed by atoms with E-state index in [-0.39, 0.29) is 5.91 Å². The molecule has 1 rings (SSSR count). The van der Waals surface area contributed by atoms with Gasteiger partial charge < -0.3 is 10.2 Å². The molecular weight excluding hydrogens is 140 g/mol. The smallest absolute Gasteiger partial charge is 0.222 e. The first-order valence-electron chi connectivity index (χ1n) is 4.08. The van der Waals surface area contributed by atoms with Crippen molar-refractivity contribution in [2.24, 2.45) is 0 Å². The van der Waals surface area contributed by atoms with Crippen LogP contribution >= 0.6 is 0 Å². The Morgan fingerprint density at radius 3 is 3.18 bits per heavy atom. The molecule has 1 amide bonds. The number of hydrogen-bond acceptors (Lipinski definition) is 2. The molecule has 1 aliphatic heterocycles. The molecule has 0 unspecified atom stereocenters. The number of likely N-dealkylation sites (N-methyl/N-ethyl adjacent to an activating group) is 1. The van der Waals surface area contributed by atoms with E-state index in [2.05, 4.69) is 11.7 Å². The van der Waals surface area contributed by atoms with Gasteiger partial charge in [-0.25, -0.2) is 0 Å². The first-order valence-corrected chi connectivity index (χ1v) is 4.08. The van der Waals surface area contributed by atoms with Crippen molar-refractivity contribution in [1.29, 1.82) is 0 Å². The SMILES string of the molecule is CNCCN1CC[CH]CC1=O. The van der Waals surface area contributed by atoms with Crippen LogP contribution in [0.5, 0.6) is 0 Å². The average Bonchev–Trinajstić information content (AvgIpc) is 2.03. The summed E-state index contributed by atoms with van der Waals surface area (Å²) >= 11 is 0. The zero-order valence-electron chi connectivity index (χ0n) is 6.97. The van der Waals surface area contributed by atoms with Gasteiger partial charge in [0.2, 0.25) is 5.91 Å². The molecule has 63 valence electrons. The van der Waals surface area contributed by atoms with Crippen molar-refractivity contribution in [2.45, 2.75) is 12.8 Å². The topological polar surface area (TPSA) is 32.3 Å². The Morgan fingerprint density at radius 1 is 1.73 bits per heavy atom. The van der Waals surface area contributed by atoms with Crippen LogP contribution in [0.3, 0.4) is 0 Å². The number of amides is 1. The average molecular weight is 155 g/mol. The molecule has 0 aliphatic carbocycles. The van der Waals surface area contributed by atoms with Crippen molar-refractivity contribution < 1.29 is 4.79 Å². The molecule has 11 heavy (non-hydrogen) atoms. The molecule has 0 bridgehead atoms. The minimum absolute atomic E-state index is 0.270. The van der Waals surface area contributed by atoms with E-state index >= 15 is 0 Å². The molecular formula is C8H15N2O. The maximum absolute atomic E-state index is 11.2. The van der Waals surface area contributed by atoms with Gasteiger partial charge in [-0.2, -0.15) is 0 Å². The lowest BCUT2D eigenvalue weighted by atomic mass is 10.1. The van der Waals surface area contributed by atoms with Gasteiger partial charge in [0.15, 0.2) is 0 Å². The quantitative estimate of drug-likeness (QED) is 0.623. The van der Waals surface area contributed by atoms with Gasteiger partial charge in [-0.3, -0.25) is 4.79 Å². The highest BCUT2D eigenvalue weighted by Gasteiger charge is 2.16. The fourth-order valence-electron chi connectivity index (χ4n) is 1.21. The zero-order chi connectivity index (χ0) is 8.10. The minimum atomic E-state index is 0.270. The molecule has 3 heteroatoms. The third kappa shape index (κ3) is 2.50. The molecule has 1 aliphatic rings. The van der Waals surface area contributed by atoms with Crippen molar-refractivity contribution in [3.05, 3.63) is 6.42 Å². The standard InChI is InChI=1S/C8H15N2O/c1-9-5-7-10-6-3-2-4-8(10)11/h2,9H,3-7H2,1H3. The zero-order valence-corrected chi connectivity index (χ0v) is 6.97. The van der Waals surface area contributed by atoms with Crippen LogP contribution in [-0.4, -0.2) is 37.5 Å². The highest BCUT2D eigenvalue weighted by atomic mass is 16.2. The molecule has 3 nitrogen and oxygen atoms in total. The second kappa shape index (κ2) is 4.34. The van der Waals surface area contributed by atoms with Gasteiger partial charge in [-0.15, -0.1) is 0 Å². The van der Waals surface area contributed by atoms with Gasteiger partial charge in [0, 0.05) is 26.1 Å². The van der Waals surface area contributed by atoms with E-state index in [9.17, 15) is 4.79 Å². The predicted molar refractivity (Wildman–Crippen MR) is 44.0 cm³/mol. The fourth-order valence-corrected chi connectivity index (χ4v) is 1.21. The summed E-state index contributed by atoms with van der Waals surface area (Å²) in [5.74, 6) is 0.270. The molecule has 0 aromatic rings. The molecule has 0 atom stereocenters. The van der Waals surface area contributed by atoms with Crippen LogP contribution in [0.4, 0.5) is 0 Å². The van der Waals surface area contributed by atoms with Crippen LogP contribution in [0.25, 0.3) is 0 Å². The summed E-state index contributed by atoms with van der Waals surface area (Å²) in [5.41, 5.74) is 0. The highest BCUT2D eigenvalue weighted by molar-refractivity contribution is 5.78. The van der Waals surface area contributed by atoms with E-state index in [4.69, 9.17) is 0 Å². The Morgan fingerprint density at radius 2 is 2.55 bits per heavy atom. The van der Waals surface area contributed by atoms with Crippen LogP contribution in [-0.2, 0) is 4.79 Å². The summed E-state index contributed by atoms with van der Waals surface area (Å²) in [7, 11) is 1.90. The summed E-state index contributed by atoms with van der Waals surface area (Å²) in [6.07, 6.45) is 3.73. The Kier molecular flexibility index (Phi) is 3.36. The summed E-state index contributed by atoms with van der Waals surface area (Å²) < 4.78 is 0. The lowest BCUT2D eigenvalue weighted by Crippen LogP contribution is -2.39. The Labute approximate surface area is 67.8 Å². The Bertz CT molecular complexity index is 136. The number of carbonyl (C=O) groups excluding carboxylic acids is 1. The van der Waals surface area contributed by atoms with Crippen molar-refractivity contribution in [3.63, 3.8) is 0 Å². The fraction of sp³-hybridized carbons (Fsp3) is 0.750. The van der Waals surface area contributed by atoms with Gasteiger partial charge >= 0.3 is 0 Å². The van der Waals surface area contributed by atoms with Gasteiger partial charge in [-0.1, -0.05) is 0 Å². The van der Waals surface area contributed by atoms with Crippen molar-refractivity contribution in [3.8, 4) is 0 Å². The van der Waals surface area contributed by atoms with Crippen molar-refractivity contribution >= 4 is 5.91 Å². The molecule has 1 radical (unpaired) electrons. The largest absolute Gasteiger partial charge is 0.341 e. The number of likely N-dealkylation sites (tertiary alicyclic amines) is 1. The third-order valence-electron chi connectivity index (χ3n) is 1.91. The Hall–Kier alpha value is -0.570. The summed E-state index contributed by atoms with van der Waals surface area (Å²) in [6.45, 7) is 2.65. The van der Waals surface area contributed by atoms with Crippen molar-refractivity contribution in [1.82, 2.24) is 10.2 Å². The highest BCUT2D eigenvalue weighted by Crippen LogP contribution is 2.07. The molecule has 0 saturated carbocycles. The number of piperidine rings is 1. The summed E-state index contributed by atoms with van der Waals surface area (Å²) in [5, 5.41) is 3.03. The van der Waals surface area contributed by atoms with E-state index in [1.807, 2.05) is 11.9 Å². The lowest BCUT2D eigenvalue weighted by molar-refractivity contribution is -0.131. The molecule has 1 heterocycles. The van der Waals surface area contributed by atoms with Crippen LogP contribution in [0.1, 0.15) is 12.8 Å². The summed E-state index contributed by atoms with van der Waals surface area (Å²) in [6, 6.07) is 0. The maximum Gasteiger partial charge on any atom is 0.222 e. The van der Waals surface area contributed by atoms with Crippen LogP contribution < -0.4 is 5.32 Å². The first kappa shape index (κ1) is 8.53. The molecule has 1 N–H and O–H groups in total. The van der Waals surface area contributed by atoms with Crippen LogP contribution in [0.2, 0.25) is 0 Å². The molecule has 0 aromatic carbocycles. The number of rotatable bonds is 3. The number of nitrogens with one attached hydrogen (secondary N) is 1. The van der Waals surface area contributed by atoms with Crippen molar-refractivity contribution in [2.75, 3.05) is 26.7 Å². The molecule has 0 spiro atoms.